The van der Waals surface area contributed by atoms with Crippen LogP contribution in [0, 0.1) is 5.82 Å². The second kappa shape index (κ2) is 10.5. The van der Waals surface area contributed by atoms with Crippen LogP contribution in [-0.2, 0) is 11.0 Å². The number of aliphatic carboxylic acids is 1. The van der Waals surface area contributed by atoms with Gasteiger partial charge in [-0.15, -0.1) is 0 Å². The van der Waals surface area contributed by atoms with E-state index in [0.717, 1.165) is 12.1 Å². The minimum atomic E-state index is -4.44. The zero-order valence-corrected chi connectivity index (χ0v) is 15.5. The number of carboxylic acids is 1. The van der Waals surface area contributed by atoms with E-state index >= 15 is 0 Å². The summed E-state index contributed by atoms with van der Waals surface area (Å²) >= 11 is 0. The van der Waals surface area contributed by atoms with Gasteiger partial charge in [0.25, 0.3) is 0 Å². The first kappa shape index (κ1) is 24.0. The number of likely N-dealkylation sites (N-methyl/N-ethyl adjacent to an activating group) is 1. The fraction of sp³-hybridized carbons (Fsp3) is 0.316. The van der Waals surface area contributed by atoms with E-state index in [-0.39, 0.29) is 31.2 Å². The molecule has 0 aliphatic heterocycles. The summed E-state index contributed by atoms with van der Waals surface area (Å²) in [5.41, 5.74) is -0.167. The van der Waals surface area contributed by atoms with Crippen LogP contribution in [0.2, 0.25) is 0 Å². The van der Waals surface area contributed by atoms with Crippen LogP contribution in [-0.4, -0.2) is 31.0 Å². The summed E-state index contributed by atoms with van der Waals surface area (Å²) in [6, 6.07) is 9.80. The quantitative estimate of drug-likeness (QED) is 0.471. The molecule has 0 saturated heterocycles. The van der Waals surface area contributed by atoms with Gasteiger partial charge < -0.3 is 19.5 Å². The first-order valence-corrected chi connectivity index (χ1v) is 8.13. The molecule has 0 N–H and O–H groups in total. The van der Waals surface area contributed by atoms with E-state index in [0.29, 0.717) is 18.5 Å². The Morgan fingerprint density at radius 3 is 2.18 bits per heavy atom. The third kappa shape index (κ3) is 7.55. The van der Waals surface area contributed by atoms with E-state index in [1.54, 1.807) is 7.05 Å². The molecule has 0 amide bonds. The Morgan fingerprint density at radius 1 is 1.11 bits per heavy atom. The van der Waals surface area contributed by atoms with Crippen LogP contribution in [0.1, 0.15) is 23.7 Å². The van der Waals surface area contributed by atoms with Crippen LogP contribution in [0.25, 0.3) is 0 Å². The van der Waals surface area contributed by atoms with Crippen molar-refractivity contribution in [1.82, 2.24) is 4.90 Å². The molecule has 0 spiro atoms. The number of ether oxygens (including phenoxy) is 1. The Morgan fingerprint density at radius 2 is 1.68 bits per heavy atom. The third-order valence-electron chi connectivity index (χ3n) is 3.87. The Labute approximate surface area is 172 Å². The molecular weight excluding hydrogens is 373 g/mol. The summed E-state index contributed by atoms with van der Waals surface area (Å²) < 4.78 is 56.9. The van der Waals surface area contributed by atoms with Gasteiger partial charge in [-0.3, -0.25) is 0 Å². The number of nitrogens with zero attached hydrogens (tertiary/aromatic N) is 1. The number of benzene rings is 2. The van der Waals surface area contributed by atoms with Crippen LogP contribution in [0.4, 0.5) is 17.6 Å². The SMILES string of the molecule is CN(CCC(Oc1ccc(C(F)(F)F)cc1)c1ccc(F)cc1)CC(=O)[O-].[Li+]. The molecule has 0 aliphatic rings. The van der Waals surface area contributed by atoms with Crippen molar-refractivity contribution in [1.29, 1.82) is 0 Å². The van der Waals surface area contributed by atoms with Gasteiger partial charge in [-0.05, 0) is 49.0 Å². The smallest absolute Gasteiger partial charge is 0.549 e. The molecule has 0 aromatic heterocycles. The summed E-state index contributed by atoms with van der Waals surface area (Å²) in [4.78, 5) is 12.2. The number of carbonyl (C=O) groups is 1. The standard InChI is InChI=1S/C19H19F4NO3.Li/c1-24(12-18(25)26)11-10-17(13-2-6-15(20)7-3-13)27-16-8-4-14(5-9-16)19(21,22)23;/h2-9,17H,10-12H2,1H3,(H,25,26);/q;+1/p-1. The van der Waals surface area contributed by atoms with Crippen LogP contribution in [0.15, 0.2) is 48.5 Å². The number of carbonyl (C=O) groups excluding carboxylic acids is 1. The molecule has 9 heteroatoms. The first-order chi connectivity index (χ1) is 12.6. The van der Waals surface area contributed by atoms with Gasteiger partial charge in [-0.1, -0.05) is 12.1 Å². The van der Waals surface area contributed by atoms with E-state index in [9.17, 15) is 27.5 Å². The average molecular weight is 391 g/mol. The molecule has 28 heavy (non-hydrogen) atoms. The minimum Gasteiger partial charge on any atom is -0.549 e. The summed E-state index contributed by atoms with van der Waals surface area (Å²) in [5.74, 6) is -1.43. The van der Waals surface area contributed by atoms with Crippen molar-refractivity contribution in [2.75, 3.05) is 20.1 Å². The molecule has 2 aromatic carbocycles. The second-order valence-electron chi connectivity index (χ2n) is 6.08. The summed E-state index contributed by atoms with van der Waals surface area (Å²) in [6.45, 7) is 0.0626. The van der Waals surface area contributed by atoms with Crippen molar-refractivity contribution in [3.8, 4) is 5.75 Å². The molecule has 1 unspecified atom stereocenters. The molecule has 1 atom stereocenters. The van der Waals surface area contributed by atoms with Gasteiger partial charge in [-0.2, -0.15) is 13.2 Å². The van der Waals surface area contributed by atoms with Gasteiger partial charge in [0, 0.05) is 19.5 Å². The van der Waals surface area contributed by atoms with Crippen LogP contribution < -0.4 is 28.7 Å². The number of hydrogen-bond donors (Lipinski definition) is 0. The number of halogens is 4. The maximum atomic E-state index is 13.2. The summed E-state index contributed by atoms with van der Waals surface area (Å²) in [6.07, 6.45) is -4.69. The summed E-state index contributed by atoms with van der Waals surface area (Å²) in [7, 11) is 1.59. The van der Waals surface area contributed by atoms with Crippen LogP contribution >= 0.6 is 0 Å². The molecule has 0 fully saturated rings. The molecule has 146 valence electrons. The first-order valence-electron chi connectivity index (χ1n) is 8.13. The molecule has 4 nitrogen and oxygen atoms in total. The zero-order valence-electron chi connectivity index (χ0n) is 15.5. The molecule has 0 heterocycles. The van der Waals surface area contributed by atoms with E-state index in [4.69, 9.17) is 4.74 Å². The average Bonchev–Trinajstić information content (AvgIpc) is 2.58. The number of rotatable bonds is 8. The van der Waals surface area contributed by atoms with Crippen molar-refractivity contribution in [3.63, 3.8) is 0 Å². The Kier molecular flexibility index (Phi) is 9.02. The molecule has 0 aliphatic carbocycles. The summed E-state index contributed by atoms with van der Waals surface area (Å²) in [5, 5.41) is 10.6. The van der Waals surface area contributed by atoms with Crippen molar-refractivity contribution in [3.05, 3.63) is 65.5 Å². The topological polar surface area (TPSA) is 52.6 Å². The molecule has 2 aromatic rings. The predicted molar refractivity (Wildman–Crippen MR) is 88.3 cm³/mol. The van der Waals surface area contributed by atoms with E-state index < -0.39 is 29.6 Å². The largest absolute Gasteiger partial charge is 1.00 e. The predicted octanol–water partition coefficient (Wildman–Crippen LogP) is 0.0404. The van der Waals surface area contributed by atoms with Gasteiger partial charge in [0.2, 0.25) is 0 Å². The van der Waals surface area contributed by atoms with Gasteiger partial charge in [0.1, 0.15) is 17.7 Å². The van der Waals surface area contributed by atoms with Gasteiger partial charge in [-0.25, -0.2) is 4.39 Å². The second-order valence-corrected chi connectivity index (χ2v) is 6.08. The molecule has 0 bridgehead atoms. The van der Waals surface area contributed by atoms with Crippen molar-refractivity contribution in [2.45, 2.75) is 18.7 Å². The zero-order chi connectivity index (χ0) is 20.0. The van der Waals surface area contributed by atoms with E-state index in [2.05, 4.69) is 0 Å². The van der Waals surface area contributed by atoms with Gasteiger partial charge in [0.05, 0.1) is 11.5 Å². The Bertz CT molecular complexity index is 751. The molecule has 0 radical (unpaired) electrons. The maximum absolute atomic E-state index is 13.2. The normalized spacial score (nSPS) is 12.4. The van der Waals surface area contributed by atoms with E-state index in [1.165, 1.54) is 41.3 Å². The maximum Gasteiger partial charge on any atom is 1.00 e. The number of alkyl halides is 3. The van der Waals surface area contributed by atoms with Crippen molar-refractivity contribution < 1.29 is 51.1 Å². The van der Waals surface area contributed by atoms with Crippen molar-refractivity contribution >= 4 is 5.97 Å². The monoisotopic (exact) mass is 391 g/mol. The Hall–Kier alpha value is -2.01. The van der Waals surface area contributed by atoms with Crippen LogP contribution in [0.5, 0.6) is 5.75 Å². The fourth-order valence-electron chi connectivity index (χ4n) is 2.49. The molecular formula is C19H18F4LiNO3. The van der Waals surface area contributed by atoms with Gasteiger partial charge in [0.15, 0.2) is 0 Å². The number of hydrogen-bond acceptors (Lipinski definition) is 4. The molecule has 2 rings (SSSR count). The third-order valence-corrected chi connectivity index (χ3v) is 3.87. The van der Waals surface area contributed by atoms with Crippen molar-refractivity contribution in [2.24, 2.45) is 0 Å². The minimum absolute atomic E-state index is 0. The van der Waals surface area contributed by atoms with Gasteiger partial charge >= 0.3 is 25.0 Å². The molecule has 0 saturated carbocycles. The number of carboxylic acid groups (broad SMARTS) is 1. The van der Waals surface area contributed by atoms with Crippen LogP contribution in [0.3, 0.4) is 0 Å². The fourth-order valence-corrected chi connectivity index (χ4v) is 2.49. The van der Waals surface area contributed by atoms with E-state index in [1.807, 2.05) is 0 Å². The Balaban J connectivity index is 0.00000392.